The van der Waals surface area contributed by atoms with Crippen LogP contribution in [-0.2, 0) is 17.9 Å². The average Bonchev–Trinajstić information content (AvgIpc) is 2.33. The lowest BCUT2D eigenvalue weighted by molar-refractivity contribution is 0.0235. The minimum atomic E-state index is 0.161. The molecule has 1 unspecified atom stereocenters. The van der Waals surface area contributed by atoms with Crippen molar-refractivity contribution < 1.29 is 4.74 Å². The van der Waals surface area contributed by atoms with E-state index in [1.165, 1.54) is 11.1 Å². The van der Waals surface area contributed by atoms with Gasteiger partial charge in [-0.2, -0.15) is 0 Å². The molecule has 1 rings (SSSR count). The molecule has 0 bridgehead atoms. The molecule has 0 aliphatic heterocycles. The summed E-state index contributed by atoms with van der Waals surface area (Å²) in [7, 11) is 0. The maximum atomic E-state index is 5.83. The van der Waals surface area contributed by atoms with E-state index in [4.69, 9.17) is 4.74 Å². The highest BCUT2D eigenvalue weighted by Gasteiger charge is 2.09. The summed E-state index contributed by atoms with van der Waals surface area (Å²) < 4.78 is 5.83. The zero-order valence-electron chi connectivity index (χ0n) is 13.3. The summed E-state index contributed by atoms with van der Waals surface area (Å²) in [5.41, 5.74) is 2.72. The van der Waals surface area contributed by atoms with Crippen molar-refractivity contribution in [1.29, 1.82) is 0 Å². The van der Waals surface area contributed by atoms with Gasteiger partial charge in [-0.15, -0.1) is 0 Å². The summed E-state index contributed by atoms with van der Waals surface area (Å²) >= 11 is 0. The minimum Gasteiger partial charge on any atom is -0.374 e. The fourth-order valence-corrected chi connectivity index (χ4v) is 1.54. The van der Waals surface area contributed by atoms with Crippen LogP contribution in [0.4, 0.5) is 0 Å². The summed E-state index contributed by atoms with van der Waals surface area (Å²) in [5.74, 6) is 0.565. The monoisotopic (exact) mass is 263 g/mol. The first kappa shape index (κ1) is 16.2. The first-order valence-electron chi connectivity index (χ1n) is 7.22. The Balaban J connectivity index is 2.43. The van der Waals surface area contributed by atoms with Gasteiger partial charge in [-0.3, -0.25) is 0 Å². The zero-order chi connectivity index (χ0) is 14.5. The molecule has 0 aromatic heterocycles. The van der Waals surface area contributed by atoms with Crippen molar-refractivity contribution in [1.82, 2.24) is 5.32 Å². The molecular formula is C17H29NO. The summed E-state index contributed by atoms with van der Waals surface area (Å²) in [4.78, 5) is 0. The van der Waals surface area contributed by atoms with E-state index in [9.17, 15) is 0 Å². The van der Waals surface area contributed by atoms with E-state index in [0.717, 1.165) is 6.54 Å². The highest BCUT2D eigenvalue weighted by Crippen LogP contribution is 2.11. The van der Waals surface area contributed by atoms with Crippen LogP contribution in [0.2, 0.25) is 0 Å². The lowest BCUT2D eigenvalue weighted by Crippen LogP contribution is -2.35. The maximum absolute atomic E-state index is 5.83. The van der Waals surface area contributed by atoms with Gasteiger partial charge in [0.1, 0.15) is 0 Å². The van der Waals surface area contributed by atoms with Crippen molar-refractivity contribution in [3.8, 4) is 0 Å². The molecule has 0 amide bonds. The lowest BCUT2D eigenvalue weighted by Gasteiger charge is -2.20. The first-order valence-corrected chi connectivity index (χ1v) is 7.22. The molecule has 2 nitrogen and oxygen atoms in total. The molecule has 2 heteroatoms. The van der Waals surface area contributed by atoms with Gasteiger partial charge >= 0.3 is 0 Å². The maximum Gasteiger partial charge on any atom is 0.0720 e. The van der Waals surface area contributed by atoms with Crippen LogP contribution >= 0.6 is 0 Å². The molecule has 0 heterocycles. The molecule has 1 N–H and O–H groups in total. The van der Waals surface area contributed by atoms with Gasteiger partial charge in [0, 0.05) is 12.1 Å². The largest absolute Gasteiger partial charge is 0.374 e. The first-order chi connectivity index (χ1) is 8.78. The van der Waals surface area contributed by atoms with E-state index >= 15 is 0 Å². The van der Waals surface area contributed by atoms with Crippen LogP contribution in [0.15, 0.2) is 24.3 Å². The van der Waals surface area contributed by atoms with Gasteiger partial charge in [0.05, 0.1) is 12.7 Å². The number of benzene rings is 1. The molecule has 19 heavy (non-hydrogen) atoms. The number of hydrogen-bond acceptors (Lipinski definition) is 2. The van der Waals surface area contributed by atoms with Gasteiger partial charge in [0.2, 0.25) is 0 Å². The van der Waals surface area contributed by atoms with Crippen molar-refractivity contribution in [2.24, 2.45) is 5.92 Å². The second-order valence-corrected chi connectivity index (χ2v) is 6.68. The van der Waals surface area contributed by atoms with E-state index in [1.54, 1.807) is 0 Å². The van der Waals surface area contributed by atoms with Crippen molar-refractivity contribution in [2.45, 2.75) is 66.3 Å². The Hall–Kier alpha value is -0.860. The van der Waals surface area contributed by atoms with Crippen LogP contribution in [0.25, 0.3) is 0 Å². The Bertz CT molecular complexity index is 362. The minimum absolute atomic E-state index is 0.161. The molecular weight excluding hydrogens is 234 g/mol. The third-order valence-corrected chi connectivity index (χ3v) is 3.30. The van der Waals surface area contributed by atoms with Gasteiger partial charge in [0.25, 0.3) is 0 Å². The quantitative estimate of drug-likeness (QED) is 0.833. The Labute approximate surface area is 118 Å². The predicted molar refractivity (Wildman–Crippen MR) is 82.1 cm³/mol. The molecule has 0 radical (unpaired) electrons. The normalized spacial score (nSPS) is 13.8. The molecule has 0 spiro atoms. The predicted octanol–water partition coefficient (Wildman–Crippen LogP) is 4.14. The SMILES string of the molecule is CC(C)C(C)OCc1ccc(CNC(C)(C)C)cc1. The highest BCUT2D eigenvalue weighted by molar-refractivity contribution is 5.22. The molecule has 1 aromatic carbocycles. The third-order valence-electron chi connectivity index (χ3n) is 3.30. The summed E-state index contributed by atoms with van der Waals surface area (Å²) in [6.45, 7) is 14.7. The van der Waals surface area contributed by atoms with Crippen molar-refractivity contribution in [2.75, 3.05) is 0 Å². The van der Waals surface area contributed by atoms with Gasteiger partial charge < -0.3 is 10.1 Å². The second kappa shape index (κ2) is 7.06. The molecule has 108 valence electrons. The topological polar surface area (TPSA) is 21.3 Å². The van der Waals surface area contributed by atoms with E-state index in [0.29, 0.717) is 18.6 Å². The Morgan fingerprint density at radius 3 is 2.00 bits per heavy atom. The van der Waals surface area contributed by atoms with Crippen LogP contribution in [0.5, 0.6) is 0 Å². The molecule has 1 aromatic rings. The second-order valence-electron chi connectivity index (χ2n) is 6.68. The average molecular weight is 263 g/mol. The Morgan fingerprint density at radius 2 is 1.53 bits per heavy atom. The smallest absolute Gasteiger partial charge is 0.0720 e. The van der Waals surface area contributed by atoms with Gasteiger partial charge in [-0.05, 0) is 44.7 Å². The lowest BCUT2D eigenvalue weighted by atomic mass is 10.1. The van der Waals surface area contributed by atoms with Crippen LogP contribution in [-0.4, -0.2) is 11.6 Å². The van der Waals surface area contributed by atoms with E-state index in [-0.39, 0.29) is 5.54 Å². The standard InChI is InChI=1S/C17H29NO/c1-13(2)14(3)19-12-16-9-7-15(8-10-16)11-18-17(4,5)6/h7-10,13-14,18H,11-12H2,1-6H3. The Morgan fingerprint density at radius 1 is 1.00 bits per heavy atom. The van der Waals surface area contributed by atoms with E-state index in [2.05, 4.69) is 71.1 Å². The molecule has 1 atom stereocenters. The van der Waals surface area contributed by atoms with Crippen LogP contribution in [0.3, 0.4) is 0 Å². The summed E-state index contributed by atoms with van der Waals surface area (Å²) in [6.07, 6.45) is 0.308. The zero-order valence-corrected chi connectivity index (χ0v) is 13.3. The van der Waals surface area contributed by atoms with Gasteiger partial charge in [-0.25, -0.2) is 0 Å². The molecule has 0 fully saturated rings. The number of ether oxygens (including phenoxy) is 1. The fourth-order valence-electron chi connectivity index (χ4n) is 1.54. The molecule has 0 saturated heterocycles. The fraction of sp³-hybridized carbons (Fsp3) is 0.647. The van der Waals surface area contributed by atoms with E-state index in [1.807, 2.05) is 0 Å². The molecule has 0 aliphatic carbocycles. The summed E-state index contributed by atoms with van der Waals surface area (Å²) in [5, 5.41) is 3.49. The van der Waals surface area contributed by atoms with Crippen molar-refractivity contribution in [3.63, 3.8) is 0 Å². The van der Waals surface area contributed by atoms with Crippen molar-refractivity contribution >= 4 is 0 Å². The number of hydrogen-bond donors (Lipinski definition) is 1. The number of rotatable bonds is 6. The Kier molecular flexibility index (Phi) is 6.02. The van der Waals surface area contributed by atoms with Crippen molar-refractivity contribution in [3.05, 3.63) is 35.4 Å². The van der Waals surface area contributed by atoms with E-state index < -0.39 is 0 Å². The molecule has 0 aliphatic rings. The van der Waals surface area contributed by atoms with Gasteiger partial charge in [0.15, 0.2) is 0 Å². The third kappa shape index (κ3) is 6.74. The van der Waals surface area contributed by atoms with Crippen LogP contribution in [0.1, 0.15) is 52.7 Å². The molecule has 0 saturated carbocycles. The number of nitrogens with one attached hydrogen (secondary N) is 1. The van der Waals surface area contributed by atoms with Crippen LogP contribution < -0.4 is 5.32 Å². The van der Waals surface area contributed by atoms with Crippen LogP contribution in [0, 0.1) is 5.92 Å². The highest BCUT2D eigenvalue weighted by atomic mass is 16.5. The summed E-state index contributed by atoms with van der Waals surface area (Å²) in [6, 6.07) is 8.67. The van der Waals surface area contributed by atoms with Gasteiger partial charge in [-0.1, -0.05) is 38.1 Å².